The Kier molecular flexibility index (Phi) is 3.38. The van der Waals surface area contributed by atoms with Crippen molar-refractivity contribution < 1.29 is 0 Å². The van der Waals surface area contributed by atoms with Crippen LogP contribution in [-0.2, 0) is 13.6 Å². The second kappa shape index (κ2) is 5.06. The van der Waals surface area contributed by atoms with Crippen LogP contribution in [0.5, 0.6) is 0 Å². The van der Waals surface area contributed by atoms with E-state index in [0.717, 1.165) is 19.6 Å². The van der Waals surface area contributed by atoms with Crippen molar-refractivity contribution in [3.63, 3.8) is 0 Å². The summed E-state index contributed by atoms with van der Waals surface area (Å²) in [6, 6.07) is 10.9. The van der Waals surface area contributed by atoms with Crippen LogP contribution in [0.25, 0.3) is 0 Å². The van der Waals surface area contributed by atoms with Crippen LogP contribution in [0.3, 0.4) is 0 Å². The zero-order valence-electron chi connectivity index (χ0n) is 12.6. The van der Waals surface area contributed by atoms with Crippen LogP contribution in [0.4, 0.5) is 0 Å². The Morgan fingerprint density at radius 3 is 2.65 bits per heavy atom. The van der Waals surface area contributed by atoms with Crippen LogP contribution in [0, 0.1) is 5.41 Å². The Morgan fingerprint density at radius 2 is 2.00 bits per heavy atom. The van der Waals surface area contributed by atoms with E-state index < -0.39 is 0 Å². The third-order valence-electron chi connectivity index (χ3n) is 4.38. The topological polar surface area (TPSA) is 21.1 Å². The van der Waals surface area contributed by atoms with Gasteiger partial charge in [-0.25, -0.2) is 0 Å². The second-order valence-corrected chi connectivity index (χ2v) is 6.64. The van der Waals surface area contributed by atoms with Gasteiger partial charge in [0.1, 0.15) is 0 Å². The summed E-state index contributed by atoms with van der Waals surface area (Å²) < 4.78 is 1.88. The van der Waals surface area contributed by atoms with E-state index in [2.05, 4.69) is 60.4 Å². The van der Waals surface area contributed by atoms with Gasteiger partial charge in [-0.1, -0.05) is 44.2 Å². The molecule has 0 radical (unpaired) electrons. The van der Waals surface area contributed by atoms with Gasteiger partial charge in [-0.05, 0) is 11.0 Å². The lowest BCUT2D eigenvalue weighted by atomic mass is 9.78. The Morgan fingerprint density at radius 1 is 1.25 bits per heavy atom. The van der Waals surface area contributed by atoms with Crippen molar-refractivity contribution in [2.75, 3.05) is 13.1 Å². The van der Waals surface area contributed by atoms with Gasteiger partial charge in [-0.2, -0.15) is 5.10 Å². The molecule has 0 aliphatic carbocycles. The molecule has 2 aromatic rings. The van der Waals surface area contributed by atoms with Crippen LogP contribution in [0.2, 0.25) is 0 Å². The van der Waals surface area contributed by atoms with Gasteiger partial charge < -0.3 is 0 Å². The largest absolute Gasteiger partial charge is 0.298 e. The van der Waals surface area contributed by atoms with E-state index in [4.69, 9.17) is 0 Å². The Balaban J connectivity index is 1.75. The number of benzene rings is 1. The molecular weight excluding hydrogens is 246 g/mol. The monoisotopic (exact) mass is 269 g/mol. The molecule has 1 aliphatic heterocycles. The molecule has 0 N–H and O–H groups in total. The van der Waals surface area contributed by atoms with Gasteiger partial charge >= 0.3 is 0 Å². The first kappa shape index (κ1) is 13.4. The third kappa shape index (κ3) is 2.63. The van der Waals surface area contributed by atoms with Crippen LogP contribution in [0.1, 0.15) is 30.9 Å². The highest BCUT2D eigenvalue weighted by Gasteiger charge is 2.39. The molecule has 0 bridgehead atoms. The average Bonchev–Trinajstić information content (AvgIpc) is 2.94. The van der Waals surface area contributed by atoms with Gasteiger partial charge in [0.05, 0.1) is 6.20 Å². The zero-order valence-corrected chi connectivity index (χ0v) is 12.6. The quantitative estimate of drug-likeness (QED) is 0.854. The van der Waals surface area contributed by atoms with E-state index in [1.807, 2.05) is 17.9 Å². The molecule has 3 rings (SSSR count). The maximum Gasteiger partial charge on any atom is 0.0534 e. The van der Waals surface area contributed by atoms with Gasteiger partial charge in [0.2, 0.25) is 0 Å². The molecule has 1 aliphatic rings. The van der Waals surface area contributed by atoms with Gasteiger partial charge in [-0.3, -0.25) is 9.58 Å². The molecule has 0 unspecified atom stereocenters. The molecule has 1 fully saturated rings. The van der Waals surface area contributed by atoms with Crippen LogP contribution in [0.15, 0.2) is 42.7 Å². The van der Waals surface area contributed by atoms with Gasteiger partial charge in [0.25, 0.3) is 0 Å². The van der Waals surface area contributed by atoms with Crippen LogP contribution < -0.4 is 0 Å². The standard InChI is InChI=1S/C17H23N3/c1-17(2)13-20(11-14-9-18-19(3)10-14)12-16(17)15-7-5-4-6-8-15/h4-10,16H,11-13H2,1-3H3/t16-/m0/s1. The summed E-state index contributed by atoms with van der Waals surface area (Å²) in [4.78, 5) is 2.55. The highest BCUT2D eigenvalue weighted by atomic mass is 15.2. The summed E-state index contributed by atoms with van der Waals surface area (Å²) in [7, 11) is 1.98. The zero-order chi connectivity index (χ0) is 14.2. The molecule has 20 heavy (non-hydrogen) atoms. The molecule has 0 spiro atoms. The smallest absolute Gasteiger partial charge is 0.0534 e. The molecule has 2 heterocycles. The molecule has 0 saturated carbocycles. The van der Waals surface area contributed by atoms with Gasteiger partial charge in [-0.15, -0.1) is 0 Å². The number of hydrogen-bond acceptors (Lipinski definition) is 2. The lowest BCUT2D eigenvalue weighted by Gasteiger charge is -2.26. The van der Waals surface area contributed by atoms with Crippen molar-refractivity contribution >= 4 is 0 Å². The molecule has 106 valence electrons. The van der Waals surface area contributed by atoms with Crippen LogP contribution in [-0.4, -0.2) is 27.8 Å². The molecule has 3 nitrogen and oxygen atoms in total. The minimum absolute atomic E-state index is 0.323. The van der Waals surface area contributed by atoms with Gasteiger partial charge in [0.15, 0.2) is 0 Å². The van der Waals surface area contributed by atoms with Crippen molar-refractivity contribution in [3.05, 3.63) is 53.9 Å². The minimum atomic E-state index is 0.323. The molecule has 3 heteroatoms. The fourth-order valence-electron chi connectivity index (χ4n) is 3.43. The first-order chi connectivity index (χ1) is 9.54. The number of rotatable bonds is 3. The van der Waals surface area contributed by atoms with E-state index in [-0.39, 0.29) is 0 Å². The number of likely N-dealkylation sites (tertiary alicyclic amines) is 1. The van der Waals surface area contributed by atoms with E-state index in [1.54, 1.807) is 0 Å². The molecule has 1 saturated heterocycles. The van der Waals surface area contributed by atoms with Crippen molar-refractivity contribution in [1.82, 2.24) is 14.7 Å². The fraction of sp³-hybridized carbons (Fsp3) is 0.471. The van der Waals surface area contributed by atoms with E-state index in [1.165, 1.54) is 11.1 Å². The lowest BCUT2D eigenvalue weighted by Crippen LogP contribution is -2.23. The Bertz CT molecular complexity index is 571. The number of aryl methyl sites for hydroxylation is 1. The molecular formula is C17H23N3. The lowest BCUT2D eigenvalue weighted by molar-refractivity contribution is 0.282. The van der Waals surface area contributed by atoms with E-state index in [0.29, 0.717) is 11.3 Å². The maximum atomic E-state index is 4.26. The summed E-state index contributed by atoms with van der Waals surface area (Å²) in [6.07, 6.45) is 4.09. The van der Waals surface area contributed by atoms with Crippen molar-refractivity contribution in [3.8, 4) is 0 Å². The predicted octanol–water partition coefficient (Wildman–Crippen LogP) is 3.05. The second-order valence-electron chi connectivity index (χ2n) is 6.64. The summed E-state index contributed by atoms with van der Waals surface area (Å²) in [5.41, 5.74) is 3.09. The first-order valence-electron chi connectivity index (χ1n) is 7.29. The van der Waals surface area contributed by atoms with Crippen molar-refractivity contribution in [1.29, 1.82) is 0 Å². The maximum absolute atomic E-state index is 4.26. The predicted molar refractivity (Wildman–Crippen MR) is 81.4 cm³/mol. The highest BCUT2D eigenvalue weighted by Crippen LogP contribution is 2.42. The van der Waals surface area contributed by atoms with Crippen molar-refractivity contribution in [2.24, 2.45) is 12.5 Å². The summed E-state index contributed by atoms with van der Waals surface area (Å²) in [6.45, 7) is 8.04. The molecule has 1 aromatic carbocycles. The average molecular weight is 269 g/mol. The van der Waals surface area contributed by atoms with E-state index in [9.17, 15) is 0 Å². The van der Waals surface area contributed by atoms with Crippen molar-refractivity contribution in [2.45, 2.75) is 26.3 Å². The van der Waals surface area contributed by atoms with Crippen LogP contribution >= 0.6 is 0 Å². The fourth-order valence-corrected chi connectivity index (χ4v) is 3.43. The summed E-state index contributed by atoms with van der Waals surface area (Å²) in [5, 5.41) is 4.26. The first-order valence-corrected chi connectivity index (χ1v) is 7.29. The molecule has 1 aromatic heterocycles. The third-order valence-corrected chi connectivity index (χ3v) is 4.38. The number of nitrogens with zero attached hydrogens (tertiary/aromatic N) is 3. The highest BCUT2D eigenvalue weighted by molar-refractivity contribution is 5.24. The van der Waals surface area contributed by atoms with Gasteiger partial charge in [0, 0.05) is 44.4 Å². The van der Waals surface area contributed by atoms with E-state index >= 15 is 0 Å². The summed E-state index contributed by atoms with van der Waals surface area (Å²) >= 11 is 0. The molecule has 1 atom stereocenters. The Hall–Kier alpha value is -1.61. The normalized spacial score (nSPS) is 22.2. The molecule has 0 amide bonds. The number of hydrogen-bond donors (Lipinski definition) is 0. The number of aromatic nitrogens is 2. The minimum Gasteiger partial charge on any atom is -0.298 e. The summed E-state index contributed by atoms with van der Waals surface area (Å²) in [5.74, 6) is 0.611. The Labute approximate surface area is 121 Å². The SMILES string of the molecule is Cn1cc(CN2C[C@@H](c3ccccc3)C(C)(C)C2)cn1.